The Kier molecular flexibility index (Phi) is 7.72. The maximum Gasteiger partial charge on any atom is 0.266 e. The van der Waals surface area contributed by atoms with Gasteiger partial charge in [-0.3, -0.25) is 9.35 Å². The Morgan fingerprint density at radius 2 is 1.77 bits per heavy atom. The lowest BCUT2D eigenvalue weighted by atomic mass is 9.43. The third-order valence-electron chi connectivity index (χ3n) is 11.4. The molecule has 0 radical (unpaired) electrons. The van der Waals surface area contributed by atoms with Gasteiger partial charge in [0.1, 0.15) is 0 Å². The molecule has 0 unspecified atom stereocenters. The van der Waals surface area contributed by atoms with Crippen molar-refractivity contribution in [3.63, 3.8) is 0 Å². The number of nitrogens with zero attached hydrogens (tertiary/aromatic N) is 1. The summed E-state index contributed by atoms with van der Waals surface area (Å²) in [4.78, 5) is 14.0. The van der Waals surface area contributed by atoms with Crippen LogP contribution in [-0.2, 0) is 14.9 Å². The molecule has 35 heavy (non-hydrogen) atoms. The van der Waals surface area contributed by atoms with E-state index in [0.717, 1.165) is 44.9 Å². The molecule has 0 aliphatic heterocycles. The average Bonchev–Trinajstić information content (AvgIpc) is 3.15. The van der Waals surface area contributed by atoms with Crippen molar-refractivity contribution < 1.29 is 28.0 Å². The lowest BCUT2D eigenvalue weighted by Gasteiger charge is -2.62. The minimum Gasteiger partial charge on any atom is -0.393 e. The van der Waals surface area contributed by atoms with E-state index >= 15 is 0 Å². The molecule has 3 N–H and O–H groups in total. The van der Waals surface area contributed by atoms with E-state index in [4.69, 9.17) is 4.55 Å². The molecule has 0 heterocycles. The maximum absolute atomic E-state index is 12.6. The first-order chi connectivity index (χ1) is 16.3. The average molecular weight is 514 g/mol. The van der Waals surface area contributed by atoms with Crippen molar-refractivity contribution in [1.29, 1.82) is 0 Å². The zero-order valence-electron chi connectivity index (χ0n) is 22.0. The molecule has 4 fully saturated rings. The summed E-state index contributed by atoms with van der Waals surface area (Å²) in [5.74, 6) is 2.39. The lowest BCUT2D eigenvalue weighted by Crippen LogP contribution is -2.58. The van der Waals surface area contributed by atoms with Crippen LogP contribution < -0.4 is 0 Å². The molecular weight excluding hydrogens is 466 g/mol. The van der Waals surface area contributed by atoms with Crippen LogP contribution in [0.25, 0.3) is 0 Å². The fourth-order valence-corrected chi connectivity index (χ4v) is 9.78. The highest BCUT2D eigenvalue weighted by molar-refractivity contribution is 7.85. The molecule has 0 bridgehead atoms. The number of amides is 1. The zero-order valence-corrected chi connectivity index (χ0v) is 22.8. The zero-order chi connectivity index (χ0) is 25.8. The second kappa shape index (κ2) is 9.88. The quantitative estimate of drug-likeness (QED) is 0.447. The Hall–Kier alpha value is -0.700. The summed E-state index contributed by atoms with van der Waals surface area (Å²) in [6.07, 6.45) is 8.98. The molecule has 202 valence electrons. The van der Waals surface area contributed by atoms with Gasteiger partial charge in [-0.25, -0.2) is 0 Å². The van der Waals surface area contributed by atoms with Crippen LogP contribution >= 0.6 is 0 Å². The third kappa shape index (κ3) is 5.06. The van der Waals surface area contributed by atoms with Crippen molar-refractivity contribution in [2.75, 3.05) is 19.3 Å². The predicted octanol–water partition coefficient (Wildman–Crippen LogP) is 3.74. The summed E-state index contributed by atoms with van der Waals surface area (Å²) < 4.78 is 30.9. The first-order valence-corrected chi connectivity index (χ1v) is 15.4. The van der Waals surface area contributed by atoms with Crippen molar-refractivity contribution in [3.05, 3.63) is 0 Å². The van der Waals surface area contributed by atoms with E-state index in [0.29, 0.717) is 41.9 Å². The number of aliphatic hydroxyl groups excluding tert-OH is 2. The number of carbonyl (C=O) groups excluding carboxylic acids is 1. The Balaban J connectivity index is 1.41. The Morgan fingerprint density at radius 1 is 1.06 bits per heavy atom. The number of hydrogen-bond acceptors (Lipinski definition) is 5. The summed E-state index contributed by atoms with van der Waals surface area (Å²) in [7, 11) is -2.50. The van der Waals surface area contributed by atoms with Gasteiger partial charge in [0.05, 0.1) is 18.0 Å². The van der Waals surface area contributed by atoms with Crippen molar-refractivity contribution in [2.24, 2.45) is 46.3 Å². The van der Waals surface area contributed by atoms with Crippen LogP contribution in [0, 0.1) is 46.3 Å². The van der Waals surface area contributed by atoms with Crippen LogP contribution in [0.2, 0.25) is 0 Å². The summed E-state index contributed by atoms with van der Waals surface area (Å²) in [5.41, 5.74) is 0.102. The van der Waals surface area contributed by atoms with Gasteiger partial charge in [0.2, 0.25) is 5.91 Å². The largest absolute Gasteiger partial charge is 0.393 e. The molecule has 4 aliphatic rings. The monoisotopic (exact) mass is 513 g/mol. The lowest BCUT2D eigenvalue weighted by molar-refractivity contribution is -0.175. The molecule has 4 rings (SSSR count). The Bertz CT molecular complexity index is 894. The summed E-state index contributed by atoms with van der Waals surface area (Å²) >= 11 is 0. The highest BCUT2D eigenvalue weighted by Gasteiger charge is 2.63. The highest BCUT2D eigenvalue weighted by Crippen LogP contribution is 2.68. The van der Waals surface area contributed by atoms with Crippen LogP contribution in [-0.4, -0.2) is 65.5 Å². The Labute approximate surface area is 211 Å². The van der Waals surface area contributed by atoms with Gasteiger partial charge in [0.15, 0.2) is 0 Å². The molecule has 0 aromatic heterocycles. The molecule has 10 atom stereocenters. The van der Waals surface area contributed by atoms with Gasteiger partial charge in [-0.05, 0) is 104 Å². The van der Waals surface area contributed by atoms with E-state index in [1.54, 1.807) is 7.05 Å². The van der Waals surface area contributed by atoms with Gasteiger partial charge in [-0.2, -0.15) is 8.42 Å². The number of rotatable bonds is 7. The normalized spacial score (nSPS) is 44.1. The van der Waals surface area contributed by atoms with Crippen LogP contribution in [0.5, 0.6) is 0 Å². The molecule has 0 aromatic carbocycles. The van der Waals surface area contributed by atoms with E-state index in [1.165, 1.54) is 17.7 Å². The second-order valence-corrected chi connectivity index (χ2v) is 14.6. The third-order valence-corrected chi connectivity index (χ3v) is 12.1. The molecule has 0 spiro atoms. The van der Waals surface area contributed by atoms with E-state index in [-0.39, 0.29) is 35.5 Å². The molecule has 7 nitrogen and oxygen atoms in total. The fraction of sp³-hybridized carbons (Fsp3) is 0.963. The molecule has 4 aliphatic carbocycles. The van der Waals surface area contributed by atoms with E-state index < -0.39 is 15.9 Å². The van der Waals surface area contributed by atoms with Crippen LogP contribution in [0.1, 0.15) is 85.0 Å². The molecule has 4 saturated carbocycles. The number of aliphatic hydroxyl groups is 2. The number of fused-ring (bicyclic) bond motifs is 5. The van der Waals surface area contributed by atoms with Crippen molar-refractivity contribution >= 4 is 16.0 Å². The molecule has 8 heteroatoms. The van der Waals surface area contributed by atoms with Gasteiger partial charge in [0.25, 0.3) is 10.1 Å². The minimum absolute atomic E-state index is 0.00611. The van der Waals surface area contributed by atoms with Crippen molar-refractivity contribution in [3.8, 4) is 0 Å². The summed E-state index contributed by atoms with van der Waals surface area (Å²) in [6.45, 7) is 6.96. The predicted molar refractivity (Wildman–Crippen MR) is 135 cm³/mol. The minimum atomic E-state index is -4.08. The van der Waals surface area contributed by atoms with E-state index in [1.807, 2.05) is 0 Å². The van der Waals surface area contributed by atoms with Crippen LogP contribution in [0.15, 0.2) is 0 Å². The number of carbonyl (C=O) groups is 1. The molecule has 0 aromatic rings. The van der Waals surface area contributed by atoms with Crippen molar-refractivity contribution in [1.82, 2.24) is 4.90 Å². The first kappa shape index (κ1) is 27.3. The van der Waals surface area contributed by atoms with Crippen LogP contribution in [0.4, 0.5) is 0 Å². The molecule has 1 amide bonds. The topological polar surface area (TPSA) is 115 Å². The molecule has 0 saturated heterocycles. The van der Waals surface area contributed by atoms with E-state index in [2.05, 4.69) is 20.8 Å². The first-order valence-electron chi connectivity index (χ1n) is 13.8. The smallest absolute Gasteiger partial charge is 0.266 e. The fourth-order valence-electron chi connectivity index (χ4n) is 9.28. The SMILES string of the molecule is C[C@H](CCC(=O)N(C)CCS(=O)(=O)O)[C@H]1CC[C@H]2[C@@H]3CC[C@@H]4C[C@H](O)CC[C@]4(C)[C@H]3C[C@H](O)[C@]12C. The van der Waals surface area contributed by atoms with Gasteiger partial charge < -0.3 is 15.1 Å². The maximum atomic E-state index is 12.6. The van der Waals surface area contributed by atoms with Gasteiger partial charge in [0, 0.05) is 20.0 Å². The van der Waals surface area contributed by atoms with E-state index in [9.17, 15) is 23.4 Å². The summed E-state index contributed by atoms with van der Waals surface area (Å²) in [6, 6.07) is 0. The second-order valence-electron chi connectivity index (χ2n) is 13.0. The highest BCUT2D eigenvalue weighted by atomic mass is 32.2. The standard InChI is InChI=1S/C27H47NO6S/c1-17(5-10-25(31)28(4)13-14-35(32,33)34)21-8-9-22-20-7-6-18-15-19(29)11-12-26(18,2)23(20)16-24(30)27(21,22)3/h17-24,29-30H,5-16H2,1-4H3,(H,32,33,34)/t17-,18-,19-,20+,21-,22+,23+,24+,26+,27-/m1/s1. The van der Waals surface area contributed by atoms with Crippen molar-refractivity contribution in [2.45, 2.75) is 97.2 Å². The number of hydrogen-bond donors (Lipinski definition) is 3. The van der Waals surface area contributed by atoms with Gasteiger partial charge in [-0.15, -0.1) is 0 Å². The van der Waals surface area contributed by atoms with Gasteiger partial charge in [-0.1, -0.05) is 20.8 Å². The Morgan fingerprint density at radius 3 is 2.46 bits per heavy atom. The molecular formula is C27H47NO6S. The van der Waals surface area contributed by atoms with Gasteiger partial charge >= 0.3 is 0 Å². The van der Waals surface area contributed by atoms with Crippen LogP contribution in [0.3, 0.4) is 0 Å². The summed E-state index contributed by atoms with van der Waals surface area (Å²) in [5, 5.41) is 21.9.